The van der Waals surface area contributed by atoms with Crippen molar-refractivity contribution in [3.05, 3.63) is 95.6 Å². The Morgan fingerprint density at radius 2 is 1.63 bits per heavy atom. The summed E-state index contributed by atoms with van der Waals surface area (Å²) < 4.78 is 11.6. The smallest absolute Gasteiger partial charge is 0.255 e. The van der Waals surface area contributed by atoms with Gasteiger partial charge in [-0.1, -0.05) is 54.6 Å². The van der Waals surface area contributed by atoms with E-state index in [-0.39, 0.29) is 12.0 Å². The van der Waals surface area contributed by atoms with Crippen LogP contribution in [0.2, 0.25) is 0 Å². The summed E-state index contributed by atoms with van der Waals surface area (Å²) in [5, 5.41) is 3.00. The normalized spacial score (nSPS) is 10.6. The third-order valence-corrected chi connectivity index (χ3v) is 4.57. The van der Waals surface area contributed by atoms with Crippen molar-refractivity contribution in [2.24, 2.45) is 0 Å². The highest BCUT2D eigenvalue weighted by Crippen LogP contribution is 2.20. The van der Waals surface area contributed by atoms with E-state index in [1.807, 2.05) is 74.5 Å². The van der Waals surface area contributed by atoms with Crippen LogP contribution >= 0.6 is 0 Å². The van der Waals surface area contributed by atoms with Crippen LogP contribution in [0.1, 0.15) is 41.8 Å². The van der Waals surface area contributed by atoms with Gasteiger partial charge in [-0.25, -0.2) is 0 Å². The zero-order chi connectivity index (χ0) is 21.2. The first-order valence-electron chi connectivity index (χ1n) is 10.4. The van der Waals surface area contributed by atoms with Gasteiger partial charge >= 0.3 is 0 Å². The second-order valence-electron chi connectivity index (χ2n) is 7.44. The summed E-state index contributed by atoms with van der Waals surface area (Å²) in [7, 11) is 0. The maximum Gasteiger partial charge on any atom is 0.255 e. The van der Waals surface area contributed by atoms with Gasteiger partial charge in [-0.2, -0.15) is 0 Å². The molecule has 3 aromatic rings. The number of para-hydroxylation sites is 1. The molecule has 0 aliphatic heterocycles. The highest BCUT2D eigenvalue weighted by molar-refractivity contribution is 5.96. The molecule has 30 heavy (non-hydrogen) atoms. The minimum absolute atomic E-state index is 0.115. The standard InChI is InChI=1S/C26H29NO3/c1-20(2)30-23-14-8-12-21(18-23)13-9-17-27-26(28)24-15-6-7-16-25(24)29-19-22-10-4-3-5-11-22/h3-8,10-12,14-16,18,20H,9,13,17,19H2,1-2H3,(H,27,28). The predicted molar refractivity (Wildman–Crippen MR) is 120 cm³/mol. The summed E-state index contributed by atoms with van der Waals surface area (Å²) in [5.74, 6) is 1.36. The SMILES string of the molecule is CC(C)Oc1cccc(CCCNC(=O)c2ccccc2OCc2ccccc2)c1. The lowest BCUT2D eigenvalue weighted by atomic mass is 10.1. The Hall–Kier alpha value is -3.27. The van der Waals surface area contributed by atoms with Crippen LogP contribution in [0.5, 0.6) is 11.5 Å². The quantitative estimate of drug-likeness (QED) is 0.460. The van der Waals surface area contributed by atoms with Crippen LogP contribution < -0.4 is 14.8 Å². The number of aryl methyl sites for hydroxylation is 1. The number of hydrogen-bond acceptors (Lipinski definition) is 3. The summed E-state index contributed by atoms with van der Waals surface area (Å²) >= 11 is 0. The molecule has 0 atom stereocenters. The number of nitrogens with one attached hydrogen (secondary N) is 1. The third kappa shape index (κ3) is 6.66. The monoisotopic (exact) mass is 403 g/mol. The minimum Gasteiger partial charge on any atom is -0.491 e. The minimum atomic E-state index is -0.115. The van der Waals surface area contributed by atoms with Gasteiger partial charge in [0.05, 0.1) is 11.7 Å². The van der Waals surface area contributed by atoms with Crippen molar-refractivity contribution >= 4 is 5.91 Å². The number of benzene rings is 3. The summed E-state index contributed by atoms with van der Waals surface area (Å²) in [4.78, 5) is 12.7. The average molecular weight is 404 g/mol. The Kier molecular flexibility index (Phi) is 7.90. The molecule has 3 aromatic carbocycles. The van der Waals surface area contributed by atoms with E-state index < -0.39 is 0 Å². The second kappa shape index (κ2) is 11.1. The Labute approximate surface area is 178 Å². The van der Waals surface area contributed by atoms with Gasteiger partial charge in [-0.3, -0.25) is 4.79 Å². The van der Waals surface area contributed by atoms with Crippen molar-refractivity contribution in [3.63, 3.8) is 0 Å². The van der Waals surface area contributed by atoms with E-state index in [4.69, 9.17) is 9.47 Å². The van der Waals surface area contributed by atoms with E-state index in [0.29, 0.717) is 24.5 Å². The molecule has 156 valence electrons. The lowest BCUT2D eigenvalue weighted by Gasteiger charge is -2.12. The Bertz CT molecular complexity index is 938. The van der Waals surface area contributed by atoms with Gasteiger partial charge in [-0.05, 0) is 62.1 Å². The van der Waals surface area contributed by atoms with E-state index in [1.54, 1.807) is 6.07 Å². The molecule has 0 spiro atoms. The predicted octanol–water partition coefficient (Wildman–Crippen LogP) is 5.42. The second-order valence-corrected chi connectivity index (χ2v) is 7.44. The Morgan fingerprint density at radius 3 is 2.43 bits per heavy atom. The highest BCUT2D eigenvalue weighted by atomic mass is 16.5. The average Bonchev–Trinajstić information content (AvgIpc) is 2.76. The number of rotatable bonds is 10. The lowest BCUT2D eigenvalue weighted by molar-refractivity contribution is 0.0948. The zero-order valence-corrected chi connectivity index (χ0v) is 17.6. The van der Waals surface area contributed by atoms with Crippen LogP contribution in [0.25, 0.3) is 0 Å². The van der Waals surface area contributed by atoms with Crippen LogP contribution in [-0.2, 0) is 13.0 Å². The molecule has 4 heteroatoms. The first kappa shape index (κ1) is 21.4. The summed E-state index contributed by atoms with van der Waals surface area (Å²) in [6.07, 6.45) is 1.88. The topological polar surface area (TPSA) is 47.6 Å². The molecule has 0 bridgehead atoms. The van der Waals surface area contributed by atoms with Gasteiger partial charge in [0, 0.05) is 6.54 Å². The summed E-state index contributed by atoms with van der Waals surface area (Å²) in [6, 6.07) is 25.4. The molecule has 0 saturated carbocycles. The number of ether oxygens (including phenoxy) is 2. The fourth-order valence-electron chi connectivity index (χ4n) is 3.15. The Morgan fingerprint density at radius 1 is 0.900 bits per heavy atom. The molecule has 0 saturated heterocycles. The van der Waals surface area contributed by atoms with Gasteiger partial charge in [0.15, 0.2) is 0 Å². The molecule has 3 rings (SSSR count). The highest BCUT2D eigenvalue weighted by Gasteiger charge is 2.11. The van der Waals surface area contributed by atoms with Crippen molar-refractivity contribution in [1.82, 2.24) is 5.32 Å². The Balaban J connectivity index is 1.49. The first-order chi connectivity index (χ1) is 14.6. The zero-order valence-electron chi connectivity index (χ0n) is 17.6. The summed E-state index contributed by atoms with van der Waals surface area (Å²) in [5.41, 5.74) is 2.83. The van der Waals surface area contributed by atoms with Crippen LogP contribution in [0.4, 0.5) is 0 Å². The van der Waals surface area contributed by atoms with Crippen LogP contribution in [0.15, 0.2) is 78.9 Å². The van der Waals surface area contributed by atoms with E-state index in [1.165, 1.54) is 5.56 Å². The molecule has 0 heterocycles. The molecule has 4 nitrogen and oxygen atoms in total. The fourth-order valence-corrected chi connectivity index (χ4v) is 3.15. The van der Waals surface area contributed by atoms with Gasteiger partial charge in [0.1, 0.15) is 18.1 Å². The van der Waals surface area contributed by atoms with E-state index in [0.717, 1.165) is 24.2 Å². The number of carbonyl (C=O) groups excluding carboxylic acids is 1. The summed E-state index contributed by atoms with van der Waals surface area (Å²) in [6.45, 7) is 5.06. The number of amides is 1. The van der Waals surface area contributed by atoms with Crippen molar-refractivity contribution < 1.29 is 14.3 Å². The molecular formula is C26H29NO3. The van der Waals surface area contributed by atoms with Crippen LogP contribution in [0.3, 0.4) is 0 Å². The van der Waals surface area contributed by atoms with Gasteiger partial charge < -0.3 is 14.8 Å². The molecule has 0 aliphatic rings. The van der Waals surface area contributed by atoms with Gasteiger partial charge in [0.25, 0.3) is 5.91 Å². The molecule has 0 aliphatic carbocycles. The first-order valence-corrected chi connectivity index (χ1v) is 10.4. The van der Waals surface area contributed by atoms with E-state index in [2.05, 4.69) is 17.4 Å². The maximum atomic E-state index is 12.7. The van der Waals surface area contributed by atoms with E-state index >= 15 is 0 Å². The molecule has 0 fully saturated rings. The van der Waals surface area contributed by atoms with Crippen molar-refractivity contribution in [3.8, 4) is 11.5 Å². The largest absolute Gasteiger partial charge is 0.491 e. The molecule has 0 radical (unpaired) electrons. The molecular weight excluding hydrogens is 374 g/mol. The van der Waals surface area contributed by atoms with Crippen molar-refractivity contribution in [1.29, 1.82) is 0 Å². The van der Waals surface area contributed by atoms with Crippen LogP contribution in [-0.4, -0.2) is 18.6 Å². The fraction of sp³-hybridized carbons (Fsp3) is 0.269. The number of carbonyl (C=O) groups is 1. The van der Waals surface area contributed by atoms with E-state index in [9.17, 15) is 4.79 Å². The molecule has 0 aromatic heterocycles. The molecule has 1 amide bonds. The lowest BCUT2D eigenvalue weighted by Crippen LogP contribution is -2.25. The van der Waals surface area contributed by atoms with Gasteiger partial charge in [-0.15, -0.1) is 0 Å². The van der Waals surface area contributed by atoms with Crippen molar-refractivity contribution in [2.45, 2.75) is 39.4 Å². The maximum absolute atomic E-state index is 12.7. The molecule has 1 N–H and O–H groups in total. The van der Waals surface area contributed by atoms with Crippen molar-refractivity contribution in [2.75, 3.05) is 6.54 Å². The third-order valence-electron chi connectivity index (χ3n) is 4.57. The van der Waals surface area contributed by atoms with Gasteiger partial charge in [0.2, 0.25) is 0 Å². The number of hydrogen-bond donors (Lipinski definition) is 1. The molecule has 0 unspecified atom stereocenters. The van der Waals surface area contributed by atoms with Crippen LogP contribution in [0, 0.1) is 0 Å².